The van der Waals surface area contributed by atoms with Crippen LogP contribution >= 0.6 is 11.6 Å². The highest BCUT2D eigenvalue weighted by molar-refractivity contribution is 6.31. The number of pyridine rings is 1. The topological polar surface area (TPSA) is 77.8 Å². The fraction of sp³-hybridized carbons (Fsp3) is 0.0500. The van der Waals surface area contributed by atoms with Crippen molar-refractivity contribution in [3.63, 3.8) is 0 Å². The van der Waals surface area contributed by atoms with Gasteiger partial charge < -0.3 is 10.6 Å². The highest BCUT2D eigenvalue weighted by Crippen LogP contribution is 2.21. The van der Waals surface area contributed by atoms with Gasteiger partial charge in [-0.3, -0.25) is 4.79 Å². The van der Waals surface area contributed by atoms with Crippen molar-refractivity contribution in [1.29, 1.82) is 5.26 Å². The summed E-state index contributed by atoms with van der Waals surface area (Å²) in [6, 6.07) is 17.9. The molecule has 1 heterocycles. The van der Waals surface area contributed by atoms with Crippen molar-refractivity contribution in [3.8, 4) is 6.07 Å². The van der Waals surface area contributed by atoms with E-state index in [-0.39, 0.29) is 5.91 Å². The molecule has 1 aromatic heterocycles. The van der Waals surface area contributed by atoms with Gasteiger partial charge in [-0.1, -0.05) is 17.7 Å². The van der Waals surface area contributed by atoms with Gasteiger partial charge in [0.1, 0.15) is 5.69 Å². The summed E-state index contributed by atoms with van der Waals surface area (Å²) in [5, 5.41) is 15.3. The molecule has 0 aliphatic heterocycles. The molecule has 3 rings (SSSR count). The summed E-state index contributed by atoms with van der Waals surface area (Å²) in [7, 11) is 0. The maximum atomic E-state index is 12.3. The van der Waals surface area contributed by atoms with E-state index in [1.807, 2.05) is 13.0 Å². The van der Waals surface area contributed by atoms with Crippen molar-refractivity contribution >= 4 is 34.6 Å². The molecule has 1 amide bonds. The van der Waals surface area contributed by atoms with Crippen LogP contribution in [0.5, 0.6) is 0 Å². The number of benzene rings is 2. The Labute approximate surface area is 156 Å². The van der Waals surface area contributed by atoms with Gasteiger partial charge in [-0.05, 0) is 61.0 Å². The van der Waals surface area contributed by atoms with Crippen LogP contribution in [-0.2, 0) is 0 Å². The number of hydrogen-bond donors (Lipinski definition) is 2. The van der Waals surface area contributed by atoms with Crippen molar-refractivity contribution in [2.75, 3.05) is 10.6 Å². The molecule has 0 aliphatic carbocycles. The molecule has 0 aliphatic rings. The fourth-order valence-electron chi connectivity index (χ4n) is 2.26. The number of aromatic nitrogens is 1. The van der Waals surface area contributed by atoms with Gasteiger partial charge in [0.2, 0.25) is 0 Å². The minimum atomic E-state index is -0.310. The van der Waals surface area contributed by atoms with Gasteiger partial charge in [-0.15, -0.1) is 0 Å². The summed E-state index contributed by atoms with van der Waals surface area (Å²) in [4.78, 5) is 16.5. The summed E-state index contributed by atoms with van der Waals surface area (Å²) in [6.07, 6.45) is 1.58. The minimum absolute atomic E-state index is 0.298. The van der Waals surface area contributed by atoms with Crippen molar-refractivity contribution in [2.24, 2.45) is 0 Å². The average Bonchev–Trinajstić information content (AvgIpc) is 2.66. The number of nitrogens with zero attached hydrogens (tertiary/aromatic N) is 2. The number of amides is 1. The van der Waals surface area contributed by atoms with Crippen molar-refractivity contribution in [3.05, 3.63) is 82.6 Å². The Bertz CT molecular complexity index is 976. The van der Waals surface area contributed by atoms with Crippen LogP contribution in [0.3, 0.4) is 0 Å². The fourth-order valence-corrected chi connectivity index (χ4v) is 2.44. The van der Waals surface area contributed by atoms with Crippen molar-refractivity contribution < 1.29 is 4.79 Å². The Balaban J connectivity index is 1.67. The normalized spacial score (nSPS) is 10.0. The molecule has 0 radical (unpaired) electrons. The van der Waals surface area contributed by atoms with E-state index in [1.165, 1.54) is 0 Å². The Hall–Kier alpha value is -3.36. The average molecular weight is 363 g/mol. The molecule has 0 saturated heterocycles. The van der Waals surface area contributed by atoms with Crippen molar-refractivity contribution in [2.45, 2.75) is 6.92 Å². The third-order valence-electron chi connectivity index (χ3n) is 3.73. The Morgan fingerprint density at radius 3 is 2.35 bits per heavy atom. The number of nitriles is 1. The molecule has 0 saturated carbocycles. The van der Waals surface area contributed by atoms with Gasteiger partial charge in [0.25, 0.3) is 5.91 Å². The molecule has 2 N–H and O–H groups in total. The van der Waals surface area contributed by atoms with E-state index in [0.29, 0.717) is 22.0 Å². The molecule has 26 heavy (non-hydrogen) atoms. The predicted octanol–water partition coefficient (Wildman–Crippen LogP) is 4.91. The molecular weight excluding hydrogens is 348 g/mol. The first-order valence-corrected chi connectivity index (χ1v) is 8.24. The maximum absolute atomic E-state index is 12.3. The number of carbonyl (C=O) groups excluding carboxylic acids is 1. The number of carbonyl (C=O) groups is 1. The molecule has 5 nitrogen and oxygen atoms in total. The van der Waals surface area contributed by atoms with Gasteiger partial charge in [0, 0.05) is 16.4 Å². The Kier molecular flexibility index (Phi) is 5.16. The molecule has 0 bridgehead atoms. The minimum Gasteiger partial charge on any atom is -0.354 e. The summed E-state index contributed by atoms with van der Waals surface area (Å²) in [6.45, 7) is 1.90. The molecule has 0 atom stereocenters. The smallest absolute Gasteiger partial charge is 0.274 e. The van der Waals surface area contributed by atoms with Crippen molar-refractivity contribution in [1.82, 2.24) is 4.98 Å². The molecule has 0 unspecified atom stereocenters. The van der Waals surface area contributed by atoms with Crippen LogP contribution in [0.2, 0.25) is 5.02 Å². The van der Waals surface area contributed by atoms with Crippen LogP contribution in [0.4, 0.5) is 17.1 Å². The first-order chi connectivity index (χ1) is 12.5. The van der Waals surface area contributed by atoms with Gasteiger partial charge in [0.15, 0.2) is 0 Å². The van der Waals surface area contributed by atoms with E-state index in [2.05, 4.69) is 21.7 Å². The lowest BCUT2D eigenvalue weighted by atomic mass is 10.2. The zero-order valence-corrected chi connectivity index (χ0v) is 14.7. The standard InChI is InChI=1S/C20H15ClN4O/c1-13-2-5-16(10-18(13)21)25-20(26)19-9-8-17(12-23-19)24-15-6-3-14(11-22)4-7-15/h2-10,12,24H,1H3,(H,25,26). The third-order valence-corrected chi connectivity index (χ3v) is 4.14. The monoisotopic (exact) mass is 362 g/mol. The SMILES string of the molecule is Cc1ccc(NC(=O)c2ccc(Nc3ccc(C#N)cc3)cn2)cc1Cl. The second kappa shape index (κ2) is 7.68. The van der Waals surface area contributed by atoms with Gasteiger partial charge in [-0.2, -0.15) is 5.26 Å². The van der Waals surface area contributed by atoms with Crippen LogP contribution in [0, 0.1) is 18.3 Å². The van der Waals surface area contributed by atoms with Crippen LogP contribution in [0.1, 0.15) is 21.6 Å². The summed E-state index contributed by atoms with van der Waals surface area (Å²) < 4.78 is 0. The van der Waals surface area contributed by atoms with E-state index < -0.39 is 0 Å². The highest BCUT2D eigenvalue weighted by atomic mass is 35.5. The highest BCUT2D eigenvalue weighted by Gasteiger charge is 2.08. The molecule has 2 aromatic carbocycles. The molecule has 0 spiro atoms. The van der Waals surface area contributed by atoms with Gasteiger partial charge in [-0.25, -0.2) is 4.98 Å². The largest absolute Gasteiger partial charge is 0.354 e. The number of anilines is 3. The lowest BCUT2D eigenvalue weighted by Gasteiger charge is -2.08. The second-order valence-corrected chi connectivity index (χ2v) is 6.07. The van der Waals surface area contributed by atoms with E-state index in [9.17, 15) is 4.79 Å². The first kappa shape index (κ1) is 17.5. The lowest BCUT2D eigenvalue weighted by Crippen LogP contribution is -2.13. The van der Waals surface area contributed by atoms with Gasteiger partial charge in [0.05, 0.1) is 23.5 Å². The number of aryl methyl sites for hydroxylation is 1. The quantitative estimate of drug-likeness (QED) is 0.691. The number of hydrogen-bond acceptors (Lipinski definition) is 4. The Morgan fingerprint density at radius 2 is 1.73 bits per heavy atom. The molecule has 6 heteroatoms. The Morgan fingerprint density at radius 1 is 1.04 bits per heavy atom. The zero-order chi connectivity index (χ0) is 18.5. The zero-order valence-electron chi connectivity index (χ0n) is 14.0. The number of rotatable bonds is 4. The van der Waals surface area contributed by atoms with Crippen LogP contribution in [0.15, 0.2) is 60.8 Å². The molecular formula is C20H15ClN4O. The molecule has 128 valence electrons. The van der Waals surface area contributed by atoms with E-state index in [4.69, 9.17) is 16.9 Å². The number of nitrogens with one attached hydrogen (secondary N) is 2. The summed E-state index contributed by atoms with van der Waals surface area (Å²) >= 11 is 6.07. The summed E-state index contributed by atoms with van der Waals surface area (Å²) in [5.41, 5.74) is 4.03. The van der Waals surface area contributed by atoms with E-state index in [1.54, 1.807) is 54.7 Å². The van der Waals surface area contributed by atoms with Crippen LogP contribution in [-0.4, -0.2) is 10.9 Å². The maximum Gasteiger partial charge on any atom is 0.274 e. The molecule has 0 fully saturated rings. The lowest BCUT2D eigenvalue weighted by molar-refractivity contribution is 0.102. The van der Waals surface area contributed by atoms with E-state index >= 15 is 0 Å². The summed E-state index contributed by atoms with van der Waals surface area (Å²) in [5.74, 6) is -0.310. The first-order valence-electron chi connectivity index (χ1n) is 7.86. The van der Waals surface area contributed by atoms with E-state index in [0.717, 1.165) is 16.9 Å². The molecule has 3 aromatic rings. The number of halogens is 1. The van der Waals surface area contributed by atoms with Crippen LogP contribution < -0.4 is 10.6 Å². The van der Waals surface area contributed by atoms with Gasteiger partial charge >= 0.3 is 0 Å². The second-order valence-electron chi connectivity index (χ2n) is 5.66. The van der Waals surface area contributed by atoms with Crippen LogP contribution in [0.25, 0.3) is 0 Å². The predicted molar refractivity (Wildman–Crippen MR) is 103 cm³/mol. The third kappa shape index (κ3) is 4.18.